The Hall–Kier alpha value is -2.31. The summed E-state index contributed by atoms with van der Waals surface area (Å²) in [6.07, 6.45) is 3.49. The number of aromatic nitrogens is 2. The fraction of sp³-hybridized carbons (Fsp3) is 0.158. The number of hydrogen-bond donors (Lipinski definition) is 1. The van der Waals surface area contributed by atoms with E-state index in [0.717, 1.165) is 11.3 Å². The highest BCUT2D eigenvalue weighted by atomic mass is 35.5. The van der Waals surface area contributed by atoms with E-state index in [9.17, 15) is 9.18 Å². The predicted molar refractivity (Wildman–Crippen MR) is 104 cm³/mol. The largest absolute Gasteiger partial charge is 0.323 e. The van der Waals surface area contributed by atoms with E-state index in [-0.39, 0.29) is 11.6 Å². The van der Waals surface area contributed by atoms with Crippen molar-refractivity contribution in [1.29, 1.82) is 0 Å². The fourth-order valence-electron chi connectivity index (χ4n) is 2.43. The molecule has 1 heterocycles. The number of carbonyl (C=O) groups excluding carboxylic acids is 1. The number of hydrogen-bond acceptors (Lipinski definition) is 3. The molecule has 0 fully saturated rings. The molecule has 0 saturated heterocycles. The molecule has 1 atom stereocenters. The van der Waals surface area contributed by atoms with Crippen LogP contribution in [0.5, 0.6) is 0 Å². The lowest BCUT2D eigenvalue weighted by Gasteiger charge is -2.15. The van der Waals surface area contributed by atoms with Crippen LogP contribution in [0.25, 0.3) is 5.69 Å². The Morgan fingerprint density at radius 2 is 2.04 bits per heavy atom. The summed E-state index contributed by atoms with van der Waals surface area (Å²) >= 11 is 7.50. The summed E-state index contributed by atoms with van der Waals surface area (Å²) in [5.41, 5.74) is 2.00. The number of nitrogens with one attached hydrogen (secondary N) is 1. The standard InChI is InChI=1S/C19H17ClFN3OS/c1-12-14(20)6-5-9-17(12)24-11-10-22-19(24)26-13(2)18(25)23-16-8-4-3-7-15(16)21/h3-11,13H,1-2H3,(H,23,25). The van der Waals surface area contributed by atoms with E-state index < -0.39 is 11.1 Å². The van der Waals surface area contributed by atoms with Crippen molar-refractivity contribution >= 4 is 35.0 Å². The van der Waals surface area contributed by atoms with Crippen molar-refractivity contribution in [3.8, 4) is 5.69 Å². The lowest BCUT2D eigenvalue weighted by atomic mass is 10.2. The number of nitrogens with zero attached hydrogens (tertiary/aromatic N) is 2. The molecule has 7 heteroatoms. The summed E-state index contributed by atoms with van der Waals surface area (Å²) in [6.45, 7) is 3.69. The van der Waals surface area contributed by atoms with E-state index in [4.69, 9.17) is 11.6 Å². The Balaban J connectivity index is 1.78. The van der Waals surface area contributed by atoms with Crippen LogP contribution in [0.2, 0.25) is 5.02 Å². The summed E-state index contributed by atoms with van der Waals surface area (Å²) < 4.78 is 15.6. The second-order valence-corrected chi connectivity index (χ2v) is 7.41. The molecule has 2 aromatic carbocycles. The van der Waals surface area contributed by atoms with Crippen molar-refractivity contribution in [3.05, 3.63) is 71.3 Å². The average molecular weight is 390 g/mol. The number of amides is 1. The molecule has 3 rings (SSSR count). The monoisotopic (exact) mass is 389 g/mol. The van der Waals surface area contributed by atoms with Crippen LogP contribution < -0.4 is 5.32 Å². The van der Waals surface area contributed by atoms with E-state index in [2.05, 4.69) is 10.3 Å². The quantitative estimate of drug-likeness (QED) is 0.618. The van der Waals surface area contributed by atoms with Crippen LogP contribution in [0, 0.1) is 12.7 Å². The zero-order valence-corrected chi connectivity index (χ0v) is 15.8. The molecular weight excluding hydrogens is 373 g/mol. The molecule has 0 aliphatic heterocycles. The van der Waals surface area contributed by atoms with Crippen molar-refractivity contribution in [1.82, 2.24) is 9.55 Å². The second-order valence-electron chi connectivity index (χ2n) is 5.69. The van der Waals surface area contributed by atoms with Gasteiger partial charge in [0.1, 0.15) is 5.82 Å². The molecule has 1 unspecified atom stereocenters. The topological polar surface area (TPSA) is 46.9 Å². The fourth-order valence-corrected chi connectivity index (χ4v) is 3.47. The van der Waals surface area contributed by atoms with Crippen LogP contribution in [0.1, 0.15) is 12.5 Å². The third kappa shape index (κ3) is 3.92. The first-order chi connectivity index (χ1) is 12.5. The third-order valence-corrected chi connectivity index (χ3v) is 5.38. The molecule has 134 valence electrons. The molecule has 0 aliphatic carbocycles. The Morgan fingerprint density at radius 1 is 1.27 bits per heavy atom. The summed E-state index contributed by atoms with van der Waals surface area (Å²) in [7, 11) is 0. The molecular formula is C19H17ClFN3OS. The molecule has 0 radical (unpaired) electrons. The molecule has 0 spiro atoms. The number of benzene rings is 2. The van der Waals surface area contributed by atoms with E-state index in [1.165, 1.54) is 23.9 Å². The molecule has 0 saturated carbocycles. The minimum absolute atomic E-state index is 0.166. The Morgan fingerprint density at radius 3 is 2.81 bits per heavy atom. The van der Waals surface area contributed by atoms with E-state index in [1.807, 2.05) is 35.9 Å². The molecule has 1 N–H and O–H groups in total. The van der Waals surface area contributed by atoms with Gasteiger partial charge in [-0.15, -0.1) is 0 Å². The second kappa shape index (κ2) is 7.93. The Kier molecular flexibility index (Phi) is 5.64. The summed E-state index contributed by atoms with van der Waals surface area (Å²) in [6, 6.07) is 11.7. The van der Waals surface area contributed by atoms with Gasteiger partial charge in [-0.25, -0.2) is 9.37 Å². The molecule has 26 heavy (non-hydrogen) atoms. The van der Waals surface area contributed by atoms with Gasteiger partial charge in [-0.1, -0.05) is 41.6 Å². The van der Waals surface area contributed by atoms with Gasteiger partial charge in [0.2, 0.25) is 5.91 Å². The van der Waals surface area contributed by atoms with Crippen LogP contribution >= 0.6 is 23.4 Å². The minimum atomic E-state index is -0.464. The van der Waals surface area contributed by atoms with E-state index in [1.54, 1.807) is 25.3 Å². The number of thioether (sulfide) groups is 1. The number of carbonyl (C=O) groups is 1. The smallest absolute Gasteiger partial charge is 0.237 e. The van der Waals surface area contributed by atoms with Crippen LogP contribution in [-0.4, -0.2) is 20.7 Å². The summed E-state index contributed by atoms with van der Waals surface area (Å²) in [5.74, 6) is -0.758. The van der Waals surface area contributed by atoms with Gasteiger partial charge in [0.15, 0.2) is 5.16 Å². The number of rotatable bonds is 5. The molecule has 0 aliphatic rings. The molecule has 3 aromatic rings. The van der Waals surface area contributed by atoms with E-state index in [0.29, 0.717) is 10.2 Å². The highest BCUT2D eigenvalue weighted by Gasteiger charge is 2.19. The Bertz CT molecular complexity index is 944. The van der Waals surface area contributed by atoms with Crippen molar-refractivity contribution in [3.63, 3.8) is 0 Å². The van der Waals surface area contributed by atoms with Gasteiger partial charge in [-0.3, -0.25) is 9.36 Å². The van der Waals surface area contributed by atoms with Crippen molar-refractivity contribution in [2.75, 3.05) is 5.32 Å². The highest BCUT2D eigenvalue weighted by molar-refractivity contribution is 8.00. The zero-order valence-electron chi connectivity index (χ0n) is 14.2. The van der Waals surface area contributed by atoms with Gasteiger partial charge in [0.25, 0.3) is 0 Å². The average Bonchev–Trinajstić information content (AvgIpc) is 3.07. The molecule has 0 bridgehead atoms. The maximum Gasteiger partial charge on any atom is 0.237 e. The van der Waals surface area contributed by atoms with Crippen LogP contribution in [0.3, 0.4) is 0 Å². The molecule has 1 amide bonds. The van der Waals surface area contributed by atoms with Crippen molar-refractivity contribution in [2.45, 2.75) is 24.3 Å². The predicted octanol–water partition coefficient (Wildman–Crippen LogP) is 5.09. The van der Waals surface area contributed by atoms with Crippen LogP contribution in [-0.2, 0) is 4.79 Å². The first-order valence-corrected chi connectivity index (χ1v) is 9.24. The van der Waals surface area contributed by atoms with Crippen molar-refractivity contribution in [2.24, 2.45) is 0 Å². The van der Waals surface area contributed by atoms with Gasteiger partial charge >= 0.3 is 0 Å². The lowest BCUT2D eigenvalue weighted by Crippen LogP contribution is -2.23. The number of para-hydroxylation sites is 1. The number of imidazole rings is 1. The maximum atomic E-state index is 13.7. The normalized spacial score (nSPS) is 12.0. The maximum absolute atomic E-state index is 13.7. The first kappa shape index (κ1) is 18.5. The van der Waals surface area contributed by atoms with Gasteiger partial charge < -0.3 is 5.32 Å². The van der Waals surface area contributed by atoms with Gasteiger partial charge in [-0.2, -0.15) is 0 Å². The lowest BCUT2D eigenvalue weighted by molar-refractivity contribution is -0.115. The van der Waals surface area contributed by atoms with Crippen LogP contribution in [0.15, 0.2) is 60.0 Å². The SMILES string of the molecule is Cc1c(Cl)cccc1-n1ccnc1SC(C)C(=O)Nc1ccccc1F. The summed E-state index contributed by atoms with van der Waals surface area (Å²) in [5, 5.41) is 3.47. The zero-order chi connectivity index (χ0) is 18.7. The third-order valence-electron chi connectivity index (χ3n) is 3.89. The number of anilines is 1. The van der Waals surface area contributed by atoms with Gasteiger partial charge in [0.05, 0.1) is 16.6 Å². The van der Waals surface area contributed by atoms with Gasteiger partial charge in [0, 0.05) is 17.4 Å². The van der Waals surface area contributed by atoms with Gasteiger partial charge in [-0.05, 0) is 43.7 Å². The van der Waals surface area contributed by atoms with E-state index >= 15 is 0 Å². The minimum Gasteiger partial charge on any atom is -0.323 e. The Labute approximate surface area is 160 Å². The number of halogens is 2. The molecule has 1 aromatic heterocycles. The van der Waals surface area contributed by atoms with Crippen LogP contribution in [0.4, 0.5) is 10.1 Å². The first-order valence-electron chi connectivity index (χ1n) is 7.98. The van der Waals surface area contributed by atoms with Crippen molar-refractivity contribution < 1.29 is 9.18 Å². The molecule has 4 nitrogen and oxygen atoms in total. The highest BCUT2D eigenvalue weighted by Crippen LogP contribution is 2.29. The summed E-state index contributed by atoms with van der Waals surface area (Å²) in [4.78, 5) is 16.7.